The van der Waals surface area contributed by atoms with Crippen LogP contribution in [0.5, 0.6) is 0 Å². The number of esters is 1. The molecule has 490 valence electrons. The number of hydrogen-bond acceptors (Lipinski definition) is 5. The van der Waals surface area contributed by atoms with Gasteiger partial charge in [0, 0.05) is 12.8 Å². The van der Waals surface area contributed by atoms with Crippen LogP contribution < -0.4 is 5.32 Å². The fraction of sp³-hybridized carbons (Fsp3) is 0.896. The number of hydrogen-bond donors (Lipinski definition) is 3. The highest BCUT2D eigenvalue weighted by molar-refractivity contribution is 5.76. The molecule has 3 N–H and O–H groups in total. The van der Waals surface area contributed by atoms with Crippen LogP contribution in [0.2, 0.25) is 0 Å². The van der Waals surface area contributed by atoms with Crippen LogP contribution in [0.4, 0.5) is 0 Å². The van der Waals surface area contributed by atoms with Crippen LogP contribution in [0.25, 0.3) is 0 Å². The van der Waals surface area contributed by atoms with Gasteiger partial charge < -0.3 is 20.3 Å². The molecule has 0 heterocycles. The Morgan fingerprint density at radius 3 is 0.940 bits per heavy atom. The summed E-state index contributed by atoms with van der Waals surface area (Å²) >= 11 is 0. The predicted octanol–water partition coefficient (Wildman–Crippen LogP) is 24.7. The second kappa shape index (κ2) is 72.6. The number of ether oxygens (including phenoxy) is 1. The van der Waals surface area contributed by atoms with E-state index < -0.39 is 12.1 Å². The second-order valence-corrected chi connectivity index (χ2v) is 26.0. The van der Waals surface area contributed by atoms with E-state index in [1.165, 1.54) is 340 Å². The molecule has 2 atom stereocenters. The Morgan fingerprint density at radius 2 is 0.602 bits per heavy atom. The van der Waals surface area contributed by atoms with Gasteiger partial charge in [-0.05, 0) is 64.2 Å². The first kappa shape index (κ1) is 81.1. The molecule has 2 unspecified atom stereocenters. The zero-order valence-electron chi connectivity index (χ0n) is 56.2. The molecule has 0 aromatic heterocycles. The van der Waals surface area contributed by atoms with Crippen molar-refractivity contribution in [3.8, 4) is 0 Å². The molecular formula is C77H147NO5. The third-order valence-corrected chi connectivity index (χ3v) is 17.7. The van der Waals surface area contributed by atoms with Crippen molar-refractivity contribution in [2.45, 2.75) is 431 Å². The van der Waals surface area contributed by atoms with Crippen molar-refractivity contribution >= 4 is 11.9 Å². The molecule has 0 aromatic rings. The summed E-state index contributed by atoms with van der Waals surface area (Å²) in [4.78, 5) is 24.6. The number of unbranched alkanes of at least 4 members (excludes halogenated alkanes) is 56. The van der Waals surface area contributed by atoms with Crippen LogP contribution in [-0.4, -0.2) is 47.4 Å². The zero-order chi connectivity index (χ0) is 59.9. The molecule has 0 saturated carbocycles. The van der Waals surface area contributed by atoms with Crippen molar-refractivity contribution in [3.63, 3.8) is 0 Å². The van der Waals surface area contributed by atoms with E-state index in [-0.39, 0.29) is 18.5 Å². The van der Waals surface area contributed by atoms with E-state index in [9.17, 15) is 19.8 Å². The fourth-order valence-electron chi connectivity index (χ4n) is 11.9. The minimum atomic E-state index is -0.842. The van der Waals surface area contributed by atoms with Gasteiger partial charge in [-0.25, -0.2) is 0 Å². The van der Waals surface area contributed by atoms with Gasteiger partial charge in [-0.15, -0.1) is 0 Å². The van der Waals surface area contributed by atoms with Crippen LogP contribution in [0, 0.1) is 0 Å². The summed E-state index contributed by atoms with van der Waals surface area (Å²) < 4.78 is 5.51. The quantitative estimate of drug-likeness (QED) is 0.0320. The minimum Gasteiger partial charge on any atom is -0.466 e. The summed E-state index contributed by atoms with van der Waals surface area (Å²) in [6, 6.07) is -0.625. The lowest BCUT2D eigenvalue weighted by Gasteiger charge is -2.20. The van der Waals surface area contributed by atoms with Gasteiger partial charge in [0.05, 0.1) is 25.4 Å². The van der Waals surface area contributed by atoms with E-state index in [2.05, 4.69) is 43.5 Å². The van der Waals surface area contributed by atoms with E-state index in [4.69, 9.17) is 4.74 Å². The zero-order valence-corrected chi connectivity index (χ0v) is 56.2. The first-order chi connectivity index (χ1) is 41.0. The van der Waals surface area contributed by atoms with Crippen LogP contribution in [0.15, 0.2) is 36.5 Å². The summed E-state index contributed by atoms with van der Waals surface area (Å²) in [6.45, 7) is 4.92. The molecule has 0 spiro atoms. The number of nitrogens with one attached hydrogen (secondary N) is 1. The van der Waals surface area contributed by atoms with Crippen LogP contribution in [0.3, 0.4) is 0 Å². The molecule has 0 fully saturated rings. The summed E-state index contributed by atoms with van der Waals surface area (Å²) in [7, 11) is 0. The van der Waals surface area contributed by atoms with Gasteiger partial charge in [0.25, 0.3) is 0 Å². The van der Waals surface area contributed by atoms with Crippen molar-refractivity contribution in [3.05, 3.63) is 36.5 Å². The van der Waals surface area contributed by atoms with E-state index in [1.54, 1.807) is 6.08 Å². The Labute approximate surface area is 519 Å². The number of carbonyl (C=O) groups is 2. The summed E-state index contributed by atoms with van der Waals surface area (Å²) in [5.74, 6) is -0.0442. The molecule has 0 aliphatic rings. The number of aliphatic hydroxyl groups is 2. The summed E-state index contributed by atoms with van der Waals surface area (Å²) in [5, 5.41) is 23.2. The van der Waals surface area contributed by atoms with Crippen LogP contribution >= 0.6 is 0 Å². The molecule has 0 bridgehead atoms. The second-order valence-electron chi connectivity index (χ2n) is 26.0. The van der Waals surface area contributed by atoms with Gasteiger partial charge in [0.15, 0.2) is 0 Å². The average molecular weight is 1170 g/mol. The molecule has 6 heteroatoms. The Balaban J connectivity index is 3.34. The lowest BCUT2D eigenvalue weighted by Crippen LogP contribution is -2.45. The highest BCUT2D eigenvalue weighted by Gasteiger charge is 2.18. The number of amides is 1. The molecular weight excluding hydrogens is 1020 g/mol. The highest BCUT2D eigenvalue weighted by atomic mass is 16.5. The smallest absolute Gasteiger partial charge is 0.305 e. The molecule has 1 amide bonds. The normalized spacial score (nSPS) is 12.7. The fourth-order valence-corrected chi connectivity index (χ4v) is 11.9. The molecule has 0 aliphatic heterocycles. The van der Waals surface area contributed by atoms with Crippen molar-refractivity contribution < 1.29 is 24.5 Å². The Kier molecular flexibility index (Phi) is 70.9. The van der Waals surface area contributed by atoms with Crippen molar-refractivity contribution in [1.82, 2.24) is 5.32 Å². The third kappa shape index (κ3) is 69.1. The molecule has 0 aliphatic carbocycles. The van der Waals surface area contributed by atoms with Gasteiger partial charge in [0.1, 0.15) is 0 Å². The predicted molar refractivity (Wildman–Crippen MR) is 366 cm³/mol. The van der Waals surface area contributed by atoms with Crippen molar-refractivity contribution in [1.29, 1.82) is 0 Å². The van der Waals surface area contributed by atoms with Crippen molar-refractivity contribution in [2.24, 2.45) is 0 Å². The average Bonchev–Trinajstić information content (AvgIpc) is 3.49. The van der Waals surface area contributed by atoms with Gasteiger partial charge in [-0.1, -0.05) is 378 Å². The lowest BCUT2D eigenvalue weighted by atomic mass is 10.0. The first-order valence-corrected chi connectivity index (χ1v) is 37.8. The maximum absolute atomic E-state index is 12.5. The van der Waals surface area contributed by atoms with Gasteiger partial charge in [-0.2, -0.15) is 0 Å². The first-order valence-electron chi connectivity index (χ1n) is 37.8. The highest BCUT2D eigenvalue weighted by Crippen LogP contribution is 2.19. The summed E-state index contributed by atoms with van der Waals surface area (Å²) in [6.07, 6.45) is 93.9. The van der Waals surface area contributed by atoms with Gasteiger partial charge in [0.2, 0.25) is 5.91 Å². The van der Waals surface area contributed by atoms with Gasteiger partial charge in [-0.3, -0.25) is 9.59 Å². The van der Waals surface area contributed by atoms with E-state index in [1.807, 2.05) is 6.08 Å². The monoisotopic (exact) mass is 1170 g/mol. The van der Waals surface area contributed by atoms with Crippen LogP contribution in [-0.2, 0) is 14.3 Å². The van der Waals surface area contributed by atoms with E-state index >= 15 is 0 Å². The molecule has 0 rings (SSSR count). The minimum absolute atomic E-state index is 0.0166. The number of allylic oxidation sites excluding steroid dienone is 5. The Bertz CT molecular complexity index is 1340. The number of aliphatic hydroxyl groups excluding tert-OH is 2. The maximum Gasteiger partial charge on any atom is 0.305 e. The Hall–Kier alpha value is -1.92. The van der Waals surface area contributed by atoms with E-state index in [0.29, 0.717) is 19.4 Å². The summed E-state index contributed by atoms with van der Waals surface area (Å²) in [5.41, 5.74) is 0. The molecule has 83 heavy (non-hydrogen) atoms. The SMILES string of the molecule is CCCCC/C=C\C/C=C\CCCCCCCCCCCC(=O)OCCCCCCCCCCCCCCCCCCCCCCCCCCCCCCCCC(=O)NC(CO)C(O)/C=C/CCCCCCCCCCCCCCCCC. The lowest BCUT2D eigenvalue weighted by molar-refractivity contribution is -0.143. The standard InChI is InChI=1S/C77H147NO5/c1-3-5-7-9-11-13-15-17-19-21-34-39-43-47-51-55-59-63-67-71-77(82)83-72-68-64-60-56-52-48-44-40-36-33-31-29-27-25-23-22-24-26-28-30-32-35-38-42-46-50-54-58-62-66-70-76(81)78-74(73-79)75(80)69-65-61-57-53-49-45-41-37-20-18-16-14-12-10-8-6-4-2/h11,13,17,19,65,69,74-75,79-80H,3-10,12,14-16,18,20-64,66-68,70-73H2,1-2H3,(H,78,81)/b13-11-,19-17-,69-65+. The molecule has 0 saturated heterocycles. The molecule has 6 nitrogen and oxygen atoms in total. The molecule has 0 radical (unpaired) electrons. The Morgan fingerprint density at radius 1 is 0.337 bits per heavy atom. The topological polar surface area (TPSA) is 95.9 Å². The number of rotatable bonds is 71. The number of carbonyl (C=O) groups excluding carboxylic acids is 2. The van der Waals surface area contributed by atoms with Crippen molar-refractivity contribution in [2.75, 3.05) is 13.2 Å². The van der Waals surface area contributed by atoms with E-state index in [0.717, 1.165) is 51.4 Å². The van der Waals surface area contributed by atoms with Gasteiger partial charge >= 0.3 is 5.97 Å². The maximum atomic E-state index is 12.5. The third-order valence-electron chi connectivity index (χ3n) is 17.7. The van der Waals surface area contributed by atoms with Crippen LogP contribution in [0.1, 0.15) is 418 Å². The largest absolute Gasteiger partial charge is 0.466 e. The molecule has 0 aromatic carbocycles.